The first-order chi connectivity index (χ1) is 12.3. The van der Waals surface area contributed by atoms with Crippen molar-refractivity contribution in [2.75, 3.05) is 31.2 Å². The molecule has 0 amide bonds. The fourth-order valence-electron chi connectivity index (χ4n) is 4.14. The molecule has 0 unspecified atom stereocenters. The zero-order valence-electron chi connectivity index (χ0n) is 16.7. The number of unbranched alkanes of at least 4 members (excludes halogenated alkanes) is 3. The summed E-state index contributed by atoms with van der Waals surface area (Å²) >= 11 is -2.48. The van der Waals surface area contributed by atoms with Crippen LogP contribution in [0.2, 0.25) is 13.3 Å². The summed E-state index contributed by atoms with van der Waals surface area (Å²) in [4.78, 5) is 7.65. The standard InChI is InChI=1S/C9H11N2O.3C4H9.Sn/c1-2-9(8-10-3-1)11-4-6-12-7-5-11;3*1-3-4-2;/h1-3H,4-7H2;3*1,3-4H2,2H3;. The minimum absolute atomic E-state index is 0.857. The van der Waals surface area contributed by atoms with Crippen LogP contribution in [0.3, 0.4) is 0 Å². The topological polar surface area (TPSA) is 25.4 Å². The van der Waals surface area contributed by atoms with Gasteiger partial charge in [0.2, 0.25) is 0 Å². The van der Waals surface area contributed by atoms with Gasteiger partial charge < -0.3 is 0 Å². The van der Waals surface area contributed by atoms with Crippen molar-refractivity contribution in [2.45, 2.75) is 72.6 Å². The Hall–Kier alpha value is -0.291. The van der Waals surface area contributed by atoms with Gasteiger partial charge in [-0.3, -0.25) is 0 Å². The van der Waals surface area contributed by atoms with E-state index in [2.05, 4.69) is 44.0 Å². The molecule has 142 valence electrons. The van der Waals surface area contributed by atoms with E-state index in [0.717, 1.165) is 26.3 Å². The van der Waals surface area contributed by atoms with Gasteiger partial charge in [0.05, 0.1) is 0 Å². The van der Waals surface area contributed by atoms with Gasteiger partial charge in [-0.05, 0) is 0 Å². The SMILES string of the molecule is CCC[CH2][Sn]([CH2]CCC)([CH2]CCC)[c]1ncccc1N1CCOCC1. The average Bonchev–Trinajstić information content (AvgIpc) is 2.68. The van der Waals surface area contributed by atoms with Crippen molar-refractivity contribution in [3.8, 4) is 0 Å². The molecule has 0 spiro atoms. The summed E-state index contributed by atoms with van der Waals surface area (Å²) in [5, 5.41) is 0. The second kappa shape index (κ2) is 11.4. The van der Waals surface area contributed by atoms with E-state index in [-0.39, 0.29) is 0 Å². The number of ether oxygens (including phenoxy) is 1. The van der Waals surface area contributed by atoms with Gasteiger partial charge in [0.15, 0.2) is 0 Å². The Balaban J connectivity index is 2.39. The molecule has 1 aromatic rings. The number of rotatable bonds is 11. The van der Waals surface area contributed by atoms with Gasteiger partial charge in [0.1, 0.15) is 0 Å². The first-order valence-electron chi connectivity index (χ1n) is 10.6. The summed E-state index contributed by atoms with van der Waals surface area (Å²) in [5.74, 6) is 0. The maximum absolute atomic E-state index is 5.60. The van der Waals surface area contributed by atoms with Crippen LogP contribution in [0.1, 0.15) is 59.3 Å². The zero-order chi connectivity index (χ0) is 18.0. The van der Waals surface area contributed by atoms with Gasteiger partial charge in [-0.15, -0.1) is 0 Å². The van der Waals surface area contributed by atoms with Crippen LogP contribution in [0, 0.1) is 0 Å². The predicted molar refractivity (Wildman–Crippen MR) is 112 cm³/mol. The van der Waals surface area contributed by atoms with Crippen LogP contribution in [0.5, 0.6) is 0 Å². The molecule has 1 aliphatic heterocycles. The van der Waals surface area contributed by atoms with Crippen LogP contribution >= 0.6 is 0 Å². The molecule has 0 saturated carbocycles. The molecule has 0 radical (unpaired) electrons. The van der Waals surface area contributed by atoms with Gasteiger partial charge in [-0.2, -0.15) is 0 Å². The van der Waals surface area contributed by atoms with Crippen molar-refractivity contribution in [3.63, 3.8) is 0 Å². The number of hydrogen-bond acceptors (Lipinski definition) is 3. The summed E-state index contributed by atoms with van der Waals surface area (Å²) in [5.41, 5.74) is 1.46. The molecule has 0 atom stereocenters. The normalized spacial score (nSPS) is 15.6. The van der Waals surface area contributed by atoms with E-state index in [4.69, 9.17) is 9.72 Å². The molecule has 4 heteroatoms. The Labute approximate surface area is 159 Å². The van der Waals surface area contributed by atoms with Crippen LogP contribution in [0.4, 0.5) is 5.69 Å². The number of aromatic nitrogens is 1. The molecule has 25 heavy (non-hydrogen) atoms. The molecule has 3 nitrogen and oxygen atoms in total. The molecule has 0 N–H and O–H groups in total. The number of morpholine rings is 1. The third-order valence-corrected chi connectivity index (χ3v) is 20.9. The molecule has 1 aliphatic rings. The number of pyridine rings is 1. The van der Waals surface area contributed by atoms with E-state index in [1.807, 2.05) is 0 Å². The zero-order valence-corrected chi connectivity index (χ0v) is 19.6. The van der Waals surface area contributed by atoms with Crippen molar-refractivity contribution in [1.29, 1.82) is 0 Å². The molecule has 0 aliphatic carbocycles. The van der Waals surface area contributed by atoms with Crippen molar-refractivity contribution < 1.29 is 4.74 Å². The number of nitrogens with zero attached hydrogens (tertiary/aromatic N) is 2. The van der Waals surface area contributed by atoms with Crippen molar-refractivity contribution in [3.05, 3.63) is 18.3 Å². The van der Waals surface area contributed by atoms with Crippen molar-refractivity contribution in [1.82, 2.24) is 4.98 Å². The molecule has 2 heterocycles. The summed E-state index contributed by atoms with van der Waals surface area (Å²) in [6.07, 6.45) is 10.2. The average molecular weight is 453 g/mol. The number of anilines is 1. The van der Waals surface area contributed by atoms with Crippen LogP contribution in [0.15, 0.2) is 18.3 Å². The first kappa shape index (κ1) is 21.0. The minimum atomic E-state index is -2.48. The van der Waals surface area contributed by atoms with E-state index in [0.29, 0.717) is 0 Å². The summed E-state index contributed by atoms with van der Waals surface area (Å²) in [7, 11) is 0. The van der Waals surface area contributed by atoms with E-state index in [9.17, 15) is 0 Å². The summed E-state index contributed by atoms with van der Waals surface area (Å²) in [6.45, 7) is 10.8. The quantitative estimate of drug-likeness (QED) is 0.443. The molecule has 0 aromatic carbocycles. The Morgan fingerprint density at radius 3 is 2.04 bits per heavy atom. The molecule has 2 rings (SSSR count). The van der Waals surface area contributed by atoms with Gasteiger partial charge >= 0.3 is 160 Å². The van der Waals surface area contributed by atoms with Gasteiger partial charge in [0.25, 0.3) is 0 Å². The fraction of sp³-hybridized carbons (Fsp3) is 0.762. The molecule has 1 aromatic heterocycles. The predicted octanol–water partition coefficient (Wildman–Crippen LogP) is 4.97. The molecule has 1 fully saturated rings. The second-order valence-electron chi connectivity index (χ2n) is 7.56. The summed E-state index contributed by atoms with van der Waals surface area (Å²) < 4.78 is 11.6. The van der Waals surface area contributed by atoms with Crippen LogP contribution in [0.25, 0.3) is 0 Å². The number of hydrogen-bond donors (Lipinski definition) is 0. The van der Waals surface area contributed by atoms with Gasteiger partial charge in [-0.1, -0.05) is 0 Å². The second-order valence-corrected chi connectivity index (χ2v) is 20.5. The third kappa shape index (κ3) is 5.85. The third-order valence-electron chi connectivity index (χ3n) is 5.67. The monoisotopic (exact) mass is 454 g/mol. The molecular weight excluding hydrogens is 415 g/mol. The van der Waals surface area contributed by atoms with E-state index in [1.165, 1.54) is 57.5 Å². The fourth-order valence-corrected chi connectivity index (χ4v) is 20.4. The van der Waals surface area contributed by atoms with Crippen LogP contribution in [-0.2, 0) is 4.74 Å². The van der Waals surface area contributed by atoms with Crippen molar-refractivity contribution in [2.24, 2.45) is 0 Å². The Morgan fingerprint density at radius 2 is 1.52 bits per heavy atom. The molecular formula is C21H38N2OSn. The van der Waals surface area contributed by atoms with Crippen LogP contribution < -0.4 is 8.61 Å². The summed E-state index contributed by atoms with van der Waals surface area (Å²) in [6, 6.07) is 4.49. The molecule has 1 saturated heterocycles. The Kier molecular flexibility index (Phi) is 9.61. The van der Waals surface area contributed by atoms with Crippen LogP contribution in [-0.4, -0.2) is 49.7 Å². The van der Waals surface area contributed by atoms with Gasteiger partial charge in [-0.25, -0.2) is 0 Å². The van der Waals surface area contributed by atoms with E-state index >= 15 is 0 Å². The van der Waals surface area contributed by atoms with Crippen molar-refractivity contribution >= 4 is 27.8 Å². The Bertz CT molecular complexity index is 467. The van der Waals surface area contributed by atoms with E-state index < -0.39 is 18.4 Å². The maximum atomic E-state index is 5.60. The Morgan fingerprint density at radius 1 is 0.960 bits per heavy atom. The van der Waals surface area contributed by atoms with E-state index in [1.54, 1.807) is 3.71 Å². The first-order valence-corrected chi connectivity index (χ1v) is 18.0. The van der Waals surface area contributed by atoms with Gasteiger partial charge in [0, 0.05) is 0 Å². The molecule has 0 bridgehead atoms.